The molecule has 0 heterocycles. The normalized spacial score (nSPS) is 25.5. The van der Waals surface area contributed by atoms with E-state index >= 15 is 0 Å². The summed E-state index contributed by atoms with van der Waals surface area (Å²) in [6.07, 6.45) is 15.1. The van der Waals surface area contributed by atoms with Gasteiger partial charge in [0, 0.05) is 5.54 Å². The molecular formula is C24H47N. The average molecular weight is 350 g/mol. The molecule has 0 aromatic carbocycles. The molecule has 0 bridgehead atoms. The summed E-state index contributed by atoms with van der Waals surface area (Å²) in [6.45, 7) is 17.5. The van der Waals surface area contributed by atoms with E-state index in [1.54, 1.807) is 11.1 Å². The van der Waals surface area contributed by atoms with Gasteiger partial charge in [-0.3, -0.25) is 0 Å². The molecule has 0 saturated heterocycles. The molecule has 0 aromatic heterocycles. The highest BCUT2D eigenvalue weighted by molar-refractivity contribution is 5.34. The van der Waals surface area contributed by atoms with Crippen molar-refractivity contribution in [2.45, 2.75) is 112 Å². The van der Waals surface area contributed by atoms with E-state index in [1.165, 1.54) is 44.9 Å². The first-order chi connectivity index (χ1) is 11.9. The van der Waals surface area contributed by atoms with Crippen LogP contribution < -0.4 is 5.73 Å². The Morgan fingerprint density at radius 1 is 1.16 bits per heavy atom. The highest BCUT2D eigenvalue weighted by Crippen LogP contribution is 2.41. The van der Waals surface area contributed by atoms with Crippen LogP contribution in [0.5, 0.6) is 0 Å². The summed E-state index contributed by atoms with van der Waals surface area (Å²) in [5.74, 6) is 2.27. The standard InChI is InChI=1S/C13H22.C9H19N.C2H6/c1-5-11(4)13(12-7-8-12)9-6-10(2)3;1-3-5-8-6-7-9(8,10)4-2;1-2/h6,9-11H,5,7-8H2,1-4H3;8H,3-7,10H2,1-2H3;1-2H3/b9-6-;;. The summed E-state index contributed by atoms with van der Waals surface area (Å²) in [5, 5.41) is 0. The van der Waals surface area contributed by atoms with Crippen molar-refractivity contribution in [3.05, 3.63) is 23.3 Å². The Balaban J connectivity index is 0.000000430. The van der Waals surface area contributed by atoms with Crippen LogP contribution in [-0.4, -0.2) is 5.54 Å². The van der Waals surface area contributed by atoms with Crippen LogP contribution in [0.2, 0.25) is 0 Å². The van der Waals surface area contributed by atoms with Gasteiger partial charge in [-0.1, -0.05) is 79.5 Å². The third kappa shape index (κ3) is 8.58. The lowest BCUT2D eigenvalue weighted by Crippen LogP contribution is -2.54. The first kappa shape index (κ1) is 24.4. The van der Waals surface area contributed by atoms with Crippen molar-refractivity contribution in [1.82, 2.24) is 0 Å². The Morgan fingerprint density at radius 3 is 2.08 bits per heavy atom. The number of allylic oxidation sites excluding steroid dienone is 4. The van der Waals surface area contributed by atoms with Gasteiger partial charge in [-0.2, -0.15) is 0 Å². The van der Waals surface area contributed by atoms with Gasteiger partial charge in [-0.25, -0.2) is 0 Å². The van der Waals surface area contributed by atoms with Crippen LogP contribution in [0.15, 0.2) is 23.3 Å². The lowest BCUT2D eigenvalue weighted by molar-refractivity contribution is 0.112. The molecule has 1 heteroatoms. The van der Waals surface area contributed by atoms with Crippen molar-refractivity contribution in [3.63, 3.8) is 0 Å². The Hall–Kier alpha value is -0.560. The van der Waals surface area contributed by atoms with Gasteiger partial charge in [-0.15, -0.1) is 0 Å². The SMILES string of the molecule is CC.CCC(C)C(/C=C\C(C)C)=C1CC1.CCCC1CCC1(N)CC. The predicted molar refractivity (Wildman–Crippen MR) is 116 cm³/mol. The van der Waals surface area contributed by atoms with Crippen LogP contribution in [-0.2, 0) is 0 Å². The summed E-state index contributed by atoms with van der Waals surface area (Å²) < 4.78 is 0. The van der Waals surface area contributed by atoms with Crippen molar-refractivity contribution < 1.29 is 0 Å². The van der Waals surface area contributed by atoms with Gasteiger partial charge >= 0.3 is 0 Å². The predicted octanol–water partition coefficient (Wildman–Crippen LogP) is 7.67. The zero-order chi connectivity index (χ0) is 19.5. The lowest BCUT2D eigenvalue weighted by Gasteiger charge is -2.46. The molecule has 1 nitrogen and oxygen atoms in total. The molecule has 0 amide bonds. The van der Waals surface area contributed by atoms with Gasteiger partial charge in [0.25, 0.3) is 0 Å². The van der Waals surface area contributed by atoms with Crippen LogP contribution in [0.1, 0.15) is 107 Å². The molecule has 2 N–H and O–H groups in total. The number of nitrogens with two attached hydrogens (primary N) is 1. The lowest BCUT2D eigenvalue weighted by atomic mass is 9.64. The van der Waals surface area contributed by atoms with Crippen LogP contribution in [0.25, 0.3) is 0 Å². The second-order valence-electron chi connectivity index (χ2n) is 8.08. The minimum Gasteiger partial charge on any atom is -0.325 e. The topological polar surface area (TPSA) is 26.0 Å². The fourth-order valence-electron chi connectivity index (χ4n) is 3.46. The molecule has 0 spiro atoms. The molecule has 2 saturated carbocycles. The van der Waals surface area contributed by atoms with Gasteiger partial charge in [0.15, 0.2) is 0 Å². The van der Waals surface area contributed by atoms with Gasteiger partial charge in [0.05, 0.1) is 0 Å². The second-order valence-corrected chi connectivity index (χ2v) is 8.08. The Labute approximate surface area is 159 Å². The molecule has 2 aliphatic rings. The highest BCUT2D eigenvalue weighted by Gasteiger charge is 2.40. The quantitative estimate of drug-likeness (QED) is 0.501. The van der Waals surface area contributed by atoms with Crippen molar-refractivity contribution in [2.24, 2.45) is 23.5 Å². The van der Waals surface area contributed by atoms with E-state index in [2.05, 4.69) is 53.7 Å². The minimum absolute atomic E-state index is 0.232. The fourth-order valence-corrected chi connectivity index (χ4v) is 3.46. The maximum atomic E-state index is 6.13. The van der Waals surface area contributed by atoms with Crippen LogP contribution in [0.3, 0.4) is 0 Å². The van der Waals surface area contributed by atoms with E-state index in [1.807, 2.05) is 13.8 Å². The van der Waals surface area contributed by atoms with Crippen molar-refractivity contribution >= 4 is 0 Å². The molecule has 0 aliphatic heterocycles. The molecule has 3 atom stereocenters. The third-order valence-electron chi connectivity index (χ3n) is 5.78. The van der Waals surface area contributed by atoms with Gasteiger partial charge < -0.3 is 5.73 Å². The third-order valence-corrected chi connectivity index (χ3v) is 5.78. The summed E-state index contributed by atoms with van der Waals surface area (Å²) in [6, 6.07) is 0. The van der Waals surface area contributed by atoms with Crippen LogP contribution in [0, 0.1) is 17.8 Å². The number of hydrogen-bond acceptors (Lipinski definition) is 1. The van der Waals surface area contributed by atoms with Crippen molar-refractivity contribution in [3.8, 4) is 0 Å². The van der Waals surface area contributed by atoms with Gasteiger partial charge in [0.1, 0.15) is 0 Å². The molecule has 148 valence electrons. The monoisotopic (exact) mass is 349 g/mol. The molecule has 25 heavy (non-hydrogen) atoms. The molecule has 2 aliphatic carbocycles. The van der Waals surface area contributed by atoms with E-state index in [0.717, 1.165) is 18.3 Å². The van der Waals surface area contributed by atoms with E-state index in [4.69, 9.17) is 5.73 Å². The van der Waals surface area contributed by atoms with Gasteiger partial charge in [0.2, 0.25) is 0 Å². The molecule has 2 fully saturated rings. The van der Waals surface area contributed by atoms with Crippen molar-refractivity contribution in [1.29, 1.82) is 0 Å². The first-order valence-corrected chi connectivity index (χ1v) is 11.1. The van der Waals surface area contributed by atoms with Crippen LogP contribution in [0.4, 0.5) is 0 Å². The molecular weight excluding hydrogens is 302 g/mol. The van der Waals surface area contributed by atoms with E-state index in [0.29, 0.717) is 5.92 Å². The Morgan fingerprint density at radius 2 is 1.76 bits per heavy atom. The summed E-state index contributed by atoms with van der Waals surface area (Å²) in [5.41, 5.74) is 9.69. The molecule has 0 aromatic rings. The summed E-state index contributed by atoms with van der Waals surface area (Å²) in [4.78, 5) is 0. The largest absolute Gasteiger partial charge is 0.325 e. The van der Waals surface area contributed by atoms with E-state index in [-0.39, 0.29) is 5.54 Å². The highest BCUT2D eigenvalue weighted by atomic mass is 14.8. The molecule has 2 rings (SSSR count). The summed E-state index contributed by atoms with van der Waals surface area (Å²) >= 11 is 0. The Kier molecular flexibility index (Phi) is 12.5. The number of hydrogen-bond donors (Lipinski definition) is 1. The smallest absolute Gasteiger partial charge is 0.0180 e. The number of rotatable bonds is 7. The second kappa shape index (κ2) is 12.7. The van der Waals surface area contributed by atoms with E-state index < -0.39 is 0 Å². The maximum absolute atomic E-state index is 6.13. The zero-order valence-corrected chi connectivity index (χ0v) is 18.6. The minimum atomic E-state index is 0.232. The van der Waals surface area contributed by atoms with Crippen molar-refractivity contribution in [2.75, 3.05) is 0 Å². The first-order valence-electron chi connectivity index (χ1n) is 11.1. The fraction of sp³-hybridized carbons (Fsp3) is 0.833. The maximum Gasteiger partial charge on any atom is 0.0180 e. The van der Waals surface area contributed by atoms with Crippen LogP contribution >= 0.6 is 0 Å². The Bertz CT molecular complexity index is 394. The average Bonchev–Trinajstić information content (AvgIpc) is 3.45. The summed E-state index contributed by atoms with van der Waals surface area (Å²) in [7, 11) is 0. The van der Waals surface area contributed by atoms with E-state index in [9.17, 15) is 0 Å². The zero-order valence-electron chi connectivity index (χ0n) is 18.6. The molecule has 0 radical (unpaired) electrons. The molecule has 3 unspecified atom stereocenters. The van der Waals surface area contributed by atoms with Gasteiger partial charge in [-0.05, 0) is 68.3 Å².